The summed E-state index contributed by atoms with van der Waals surface area (Å²) in [6, 6.07) is 51.4. The molecule has 0 aliphatic heterocycles. The van der Waals surface area contributed by atoms with Crippen LogP contribution in [0, 0.1) is 48.5 Å². The van der Waals surface area contributed by atoms with Crippen molar-refractivity contribution in [1.29, 1.82) is 0 Å². The van der Waals surface area contributed by atoms with E-state index in [-0.39, 0.29) is 65.0 Å². The normalized spacial score (nSPS) is 12.7. The average Bonchev–Trinajstić information content (AvgIpc) is 0.780. The molecular weight excluding hydrogens is 1170 g/mol. The SMILES string of the molecule is Cc1c(C(C)(C)C)cc(C(C)(C)C)cc1C(C)(C)C.Cc1c(C(C)(C)C)cccc1C(C)(C)C.Cc1cc(C(C)(C)C)cc(C(C)(C)C)c1.Cc1ccc(C(C)(C)C)cc1.Cc1ccc(C(C)(C)C)cc1C(C)(C)C.Cc1cccc(C(C)(C)C)c1.Cc1ccccc1C(C)(C)C. The van der Waals surface area contributed by atoms with Crippen LogP contribution in [0.5, 0.6) is 0 Å². The molecule has 0 spiro atoms. The van der Waals surface area contributed by atoms with Crippen LogP contribution < -0.4 is 0 Å². The van der Waals surface area contributed by atoms with E-state index >= 15 is 0 Å². The van der Waals surface area contributed by atoms with Crippen molar-refractivity contribution < 1.29 is 0 Å². The highest BCUT2D eigenvalue weighted by Crippen LogP contribution is 2.39. The van der Waals surface area contributed by atoms with E-state index in [9.17, 15) is 0 Å². The minimum Gasteiger partial charge on any atom is -0.0620 e. The van der Waals surface area contributed by atoms with Gasteiger partial charge in [-0.25, -0.2) is 0 Å². The van der Waals surface area contributed by atoms with Gasteiger partial charge in [0.1, 0.15) is 0 Å². The minimum absolute atomic E-state index is 0.200. The topological polar surface area (TPSA) is 0 Å². The van der Waals surface area contributed by atoms with E-state index in [2.05, 4.69) is 437 Å². The van der Waals surface area contributed by atoms with Crippen LogP contribution in [0.3, 0.4) is 0 Å². The van der Waals surface area contributed by atoms with Crippen LogP contribution >= 0.6 is 0 Å². The van der Waals surface area contributed by atoms with Crippen molar-refractivity contribution in [2.24, 2.45) is 0 Å². The molecule has 0 fully saturated rings. The van der Waals surface area contributed by atoms with Crippen molar-refractivity contribution in [3.63, 3.8) is 0 Å². The van der Waals surface area contributed by atoms with Gasteiger partial charge in [-0.2, -0.15) is 0 Å². The lowest BCUT2D eigenvalue weighted by Gasteiger charge is -2.32. The smallest absolute Gasteiger partial charge is 0.0129 e. The molecule has 0 nitrogen and oxygen atoms in total. The molecule has 0 bridgehead atoms. The van der Waals surface area contributed by atoms with Gasteiger partial charge in [-0.3, -0.25) is 0 Å². The summed E-state index contributed by atoms with van der Waals surface area (Å²) < 4.78 is 0. The molecule has 0 amide bonds. The van der Waals surface area contributed by atoms with Gasteiger partial charge in [-0.1, -0.05) is 405 Å². The maximum Gasteiger partial charge on any atom is -0.0129 e. The van der Waals surface area contributed by atoms with Gasteiger partial charge in [0.25, 0.3) is 0 Å². The van der Waals surface area contributed by atoms with Crippen molar-refractivity contribution in [2.45, 2.75) is 363 Å². The first-order valence-electron chi connectivity index (χ1n) is 36.8. The number of benzene rings is 7. The van der Waals surface area contributed by atoms with Gasteiger partial charge in [-0.05, 0) is 202 Å². The predicted molar refractivity (Wildman–Crippen MR) is 443 cm³/mol. The number of hydrogen-bond acceptors (Lipinski definition) is 0. The largest absolute Gasteiger partial charge is 0.0620 e. The number of aryl methyl sites for hydroxylation is 5. The van der Waals surface area contributed by atoms with Crippen LogP contribution in [0.15, 0.2) is 140 Å². The third kappa shape index (κ3) is 30.5. The van der Waals surface area contributed by atoms with Gasteiger partial charge in [0.15, 0.2) is 0 Å². The Morgan fingerprint density at radius 2 is 0.423 bits per heavy atom. The van der Waals surface area contributed by atoms with Crippen LogP contribution in [0.25, 0.3) is 0 Å². The van der Waals surface area contributed by atoms with Gasteiger partial charge in [0.05, 0.1) is 0 Å². The van der Waals surface area contributed by atoms with Crippen LogP contribution in [-0.4, -0.2) is 0 Å². The van der Waals surface area contributed by atoms with Gasteiger partial charge >= 0.3 is 0 Å². The molecule has 7 aromatic rings. The highest BCUT2D eigenvalue weighted by atomic mass is 14.3. The first kappa shape index (κ1) is 89.6. The molecule has 0 heterocycles. The molecule has 0 aliphatic carbocycles. The summed E-state index contributed by atoms with van der Waals surface area (Å²) in [5, 5.41) is 0. The zero-order chi connectivity index (χ0) is 76.2. The second kappa shape index (κ2) is 33.8. The molecule has 7 rings (SSSR count). The van der Waals surface area contributed by atoms with Crippen LogP contribution in [-0.2, 0) is 65.0 Å². The van der Waals surface area contributed by atoms with E-state index in [1.807, 2.05) is 0 Å². The third-order valence-corrected chi connectivity index (χ3v) is 18.3. The Hall–Kier alpha value is -5.46. The monoisotopic (exact) mass is 1320 g/mol. The molecule has 97 heavy (non-hydrogen) atoms. The fourth-order valence-electron chi connectivity index (χ4n) is 12.1. The molecule has 0 aliphatic rings. The van der Waals surface area contributed by atoms with Crippen LogP contribution in [0.2, 0.25) is 0 Å². The molecule has 0 saturated carbocycles. The second-order valence-electron chi connectivity index (χ2n) is 40.8. The molecule has 7 aromatic carbocycles. The number of hydrogen-bond donors (Lipinski definition) is 0. The van der Waals surface area contributed by atoms with Gasteiger partial charge in [-0.15, -0.1) is 0 Å². The first-order chi connectivity index (χ1) is 43.1. The van der Waals surface area contributed by atoms with E-state index in [1.165, 1.54) is 106 Å². The summed E-state index contributed by atoms with van der Waals surface area (Å²) >= 11 is 0. The van der Waals surface area contributed by atoms with E-state index in [1.54, 1.807) is 0 Å². The summed E-state index contributed by atoms with van der Waals surface area (Å²) in [6.07, 6.45) is 0. The zero-order valence-electron chi connectivity index (χ0n) is 71.8. The van der Waals surface area contributed by atoms with Crippen molar-refractivity contribution in [3.8, 4) is 0 Å². The summed E-state index contributed by atoms with van der Waals surface area (Å²) in [4.78, 5) is 0. The Kier molecular flexibility index (Phi) is 31.2. The fraction of sp³-hybridized carbons (Fsp3) is 0.567. The maximum absolute atomic E-state index is 2.42. The van der Waals surface area contributed by atoms with E-state index in [0.29, 0.717) is 0 Å². The standard InChI is InChI=1S/C19H32.3C15H24.3C11H16/c1-13-15(18(5,6)7)11-14(17(2,3)4)12-16(13)19(8,9)10;1-11-8-12(14(2,3)4)10-13(9-11)15(5,6)7;1-11-8-9-12(14(2,3)4)10-13(11)15(5,6)7;1-11-12(14(2,3)4)9-8-10-13(11)15(5,6)7;1-9-5-7-10(8-6-9)11(2,3)4;1-9-6-5-7-10(8-9)11(2,3)4;1-9-7-5-6-8-10(9)11(2,3)4/h11-12H,1-10H3;3*8-10H,1-7H3;3*5-8H,1-4H3. The molecule has 0 unspecified atom stereocenters. The quantitative estimate of drug-likeness (QED) is 0.142. The van der Waals surface area contributed by atoms with Crippen molar-refractivity contribution in [1.82, 2.24) is 0 Å². The Morgan fingerprint density at radius 1 is 0.155 bits per heavy atom. The van der Waals surface area contributed by atoms with Gasteiger partial charge in [0.2, 0.25) is 0 Å². The molecule has 0 aromatic heterocycles. The fourth-order valence-corrected chi connectivity index (χ4v) is 12.1. The molecule has 0 N–H and O–H groups in total. The average molecular weight is 1320 g/mol. The Labute approximate surface area is 604 Å². The van der Waals surface area contributed by atoms with Crippen LogP contribution in [0.4, 0.5) is 0 Å². The Bertz CT molecular complexity index is 3410. The summed E-state index contributed by atoms with van der Waals surface area (Å²) in [7, 11) is 0. The Balaban J connectivity index is 0.000000570. The zero-order valence-corrected chi connectivity index (χ0v) is 71.8. The Morgan fingerprint density at radius 3 is 0.732 bits per heavy atom. The van der Waals surface area contributed by atoms with Crippen molar-refractivity contribution in [3.05, 3.63) is 245 Å². The van der Waals surface area contributed by atoms with Gasteiger partial charge in [0, 0.05) is 0 Å². The van der Waals surface area contributed by atoms with E-state index in [4.69, 9.17) is 0 Å². The summed E-state index contributed by atoms with van der Waals surface area (Å²) in [5.74, 6) is 0. The lowest BCUT2D eigenvalue weighted by atomic mass is 9.73. The van der Waals surface area contributed by atoms with Crippen LogP contribution in [0.1, 0.15) is 355 Å². The third-order valence-electron chi connectivity index (χ3n) is 18.3. The summed E-state index contributed by atoms with van der Waals surface area (Å²) in [6.45, 7) is 97.2. The second-order valence-corrected chi connectivity index (χ2v) is 40.8. The number of rotatable bonds is 0. The maximum atomic E-state index is 2.42. The highest BCUT2D eigenvalue weighted by molar-refractivity contribution is 5.47. The lowest BCUT2D eigenvalue weighted by Crippen LogP contribution is -2.23. The molecule has 0 radical (unpaired) electrons. The van der Waals surface area contributed by atoms with Crippen molar-refractivity contribution in [2.75, 3.05) is 0 Å². The molecular formula is C97H152. The van der Waals surface area contributed by atoms with E-state index < -0.39 is 0 Å². The minimum atomic E-state index is 0.200. The molecule has 0 saturated heterocycles. The predicted octanol–water partition coefficient (Wildman–Crippen LogP) is 29.5. The lowest BCUT2D eigenvalue weighted by molar-refractivity contribution is 0.542. The first-order valence-corrected chi connectivity index (χ1v) is 36.8. The summed E-state index contributed by atoms with van der Waals surface area (Å²) in [5.41, 5.74) is 30.1. The highest BCUT2D eigenvalue weighted by Gasteiger charge is 2.29. The van der Waals surface area contributed by atoms with Gasteiger partial charge < -0.3 is 0 Å². The molecule has 0 heteroatoms. The van der Waals surface area contributed by atoms with Crippen molar-refractivity contribution >= 4 is 0 Å². The molecule has 540 valence electrons. The van der Waals surface area contributed by atoms with E-state index in [0.717, 1.165) is 0 Å². The molecule has 0 atom stereocenters.